The zero-order chi connectivity index (χ0) is 14.8. The van der Waals surface area contributed by atoms with E-state index in [0.29, 0.717) is 5.41 Å². The number of hydrogen-bond donors (Lipinski definition) is 1. The maximum absolute atomic E-state index is 14.3. The van der Waals surface area contributed by atoms with Gasteiger partial charge in [-0.15, -0.1) is 0 Å². The summed E-state index contributed by atoms with van der Waals surface area (Å²) in [6.45, 7) is 8.34. The summed E-state index contributed by atoms with van der Waals surface area (Å²) in [6, 6.07) is 5.30. The number of benzene rings is 1. The average Bonchev–Trinajstić information content (AvgIpc) is 2.47. The third kappa shape index (κ3) is 2.98. The van der Waals surface area contributed by atoms with Crippen LogP contribution in [-0.2, 0) is 0 Å². The molecular formula is C17H27FN2. The van der Waals surface area contributed by atoms with Crippen LogP contribution in [-0.4, -0.2) is 13.1 Å². The predicted molar refractivity (Wildman–Crippen MR) is 83.5 cm³/mol. The monoisotopic (exact) mass is 278 g/mol. The molecule has 1 aromatic rings. The van der Waals surface area contributed by atoms with E-state index < -0.39 is 0 Å². The lowest BCUT2D eigenvalue weighted by Gasteiger charge is -2.42. The van der Waals surface area contributed by atoms with E-state index in [2.05, 4.69) is 18.7 Å². The van der Waals surface area contributed by atoms with Crippen LogP contribution in [0.15, 0.2) is 18.2 Å². The van der Waals surface area contributed by atoms with Gasteiger partial charge in [-0.05, 0) is 42.9 Å². The van der Waals surface area contributed by atoms with E-state index in [4.69, 9.17) is 5.73 Å². The Morgan fingerprint density at radius 3 is 2.30 bits per heavy atom. The molecule has 0 saturated carbocycles. The standard InChI is InChI=1S/C17H27FN2/c1-4-17(5-2)8-10-20(11-9-17)16-7-6-14(13(3)19)12-15(16)18/h6-7,12-13H,4-5,8-11,19H2,1-3H3. The molecule has 3 heteroatoms. The Kier molecular flexibility index (Phi) is 4.69. The lowest BCUT2D eigenvalue weighted by Crippen LogP contribution is -2.40. The maximum atomic E-state index is 14.3. The molecule has 1 fully saturated rings. The second kappa shape index (κ2) is 6.13. The van der Waals surface area contributed by atoms with Crippen LogP contribution in [0.25, 0.3) is 0 Å². The molecule has 0 amide bonds. The average molecular weight is 278 g/mol. The Bertz CT molecular complexity index is 442. The highest BCUT2D eigenvalue weighted by Gasteiger charge is 2.31. The first-order valence-electron chi connectivity index (χ1n) is 7.81. The van der Waals surface area contributed by atoms with Crippen LogP contribution in [0.3, 0.4) is 0 Å². The first-order valence-corrected chi connectivity index (χ1v) is 7.81. The number of nitrogens with zero attached hydrogens (tertiary/aromatic N) is 1. The second-order valence-electron chi connectivity index (χ2n) is 6.19. The minimum absolute atomic E-state index is 0.118. The molecule has 2 N–H and O–H groups in total. The van der Waals surface area contributed by atoms with Crippen molar-refractivity contribution < 1.29 is 4.39 Å². The van der Waals surface area contributed by atoms with Crippen LogP contribution in [0.5, 0.6) is 0 Å². The highest BCUT2D eigenvalue weighted by atomic mass is 19.1. The van der Waals surface area contributed by atoms with Gasteiger partial charge in [-0.1, -0.05) is 32.8 Å². The topological polar surface area (TPSA) is 29.3 Å². The van der Waals surface area contributed by atoms with Gasteiger partial charge in [-0.3, -0.25) is 0 Å². The Morgan fingerprint density at radius 1 is 1.25 bits per heavy atom. The summed E-state index contributed by atoms with van der Waals surface area (Å²) in [7, 11) is 0. The van der Waals surface area contributed by atoms with E-state index in [9.17, 15) is 4.39 Å². The predicted octanol–water partition coefficient (Wildman–Crippen LogP) is 4.25. The fourth-order valence-electron chi connectivity index (χ4n) is 3.24. The molecule has 2 nitrogen and oxygen atoms in total. The fourth-order valence-corrected chi connectivity index (χ4v) is 3.24. The van der Waals surface area contributed by atoms with Crippen molar-refractivity contribution in [2.75, 3.05) is 18.0 Å². The molecule has 1 unspecified atom stereocenters. The van der Waals surface area contributed by atoms with Gasteiger partial charge in [0.25, 0.3) is 0 Å². The molecule has 2 rings (SSSR count). The number of rotatable bonds is 4. The minimum Gasteiger partial charge on any atom is -0.369 e. The number of nitrogens with two attached hydrogens (primary N) is 1. The molecule has 1 aromatic carbocycles. The summed E-state index contributed by atoms with van der Waals surface area (Å²) in [5.74, 6) is -0.139. The number of piperidine rings is 1. The first-order chi connectivity index (χ1) is 9.51. The van der Waals surface area contributed by atoms with Gasteiger partial charge < -0.3 is 10.6 Å². The van der Waals surface area contributed by atoms with E-state index in [0.717, 1.165) is 37.2 Å². The molecule has 1 atom stereocenters. The summed E-state index contributed by atoms with van der Waals surface area (Å²) in [5, 5.41) is 0. The van der Waals surface area contributed by atoms with E-state index in [-0.39, 0.29) is 11.9 Å². The molecule has 0 aliphatic carbocycles. The van der Waals surface area contributed by atoms with Crippen molar-refractivity contribution in [3.63, 3.8) is 0 Å². The molecule has 0 spiro atoms. The summed E-state index contributed by atoms with van der Waals surface area (Å²) >= 11 is 0. The van der Waals surface area contributed by atoms with Crippen LogP contribution >= 0.6 is 0 Å². The van der Waals surface area contributed by atoms with Gasteiger partial charge in [0.2, 0.25) is 0 Å². The SMILES string of the molecule is CCC1(CC)CCN(c2ccc(C(C)N)cc2F)CC1. The second-order valence-corrected chi connectivity index (χ2v) is 6.19. The molecule has 0 bridgehead atoms. The van der Waals surface area contributed by atoms with Gasteiger partial charge in [-0.2, -0.15) is 0 Å². The van der Waals surface area contributed by atoms with Gasteiger partial charge in [0, 0.05) is 19.1 Å². The van der Waals surface area contributed by atoms with Gasteiger partial charge in [-0.25, -0.2) is 4.39 Å². The van der Waals surface area contributed by atoms with Crippen molar-refractivity contribution in [2.24, 2.45) is 11.1 Å². The van der Waals surface area contributed by atoms with E-state index in [1.54, 1.807) is 6.07 Å². The van der Waals surface area contributed by atoms with Crippen LogP contribution in [0, 0.1) is 11.2 Å². The molecule has 112 valence electrons. The fraction of sp³-hybridized carbons (Fsp3) is 0.647. The smallest absolute Gasteiger partial charge is 0.146 e. The summed E-state index contributed by atoms with van der Waals surface area (Å²) in [5.41, 5.74) is 7.87. The number of halogens is 1. The van der Waals surface area contributed by atoms with Crippen LogP contribution in [0.2, 0.25) is 0 Å². The number of anilines is 1. The van der Waals surface area contributed by atoms with Crippen molar-refractivity contribution in [3.05, 3.63) is 29.6 Å². The maximum Gasteiger partial charge on any atom is 0.146 e. The lowest BCUT2D eigenvalue weighted by molar-refractivity contribution is 0.199. The van der Waals surface area contributed by atoms with Crippen molar-refractivity contribution in [1.29, 1.82) is 0 Å². The Labute approximate surface area is 122 Å². The summed E-state index contributed by atoms with van der Waals surface area (Å²) in [4.78, 5) is 2.18. The molecule has 1 aliphatic heterocycles. The molecule has 0 aromatic heterocycles. The summed E-state index contributed by atoms with van der Waals surface area (Å²) < 4.78 is 14.3. The van der Waals surface area contributed by atoms with Crippen LogP contribution < -0.4 is 10.6 Å². The molecule has 20 heavy (non-hydrogen) atoms. The quantitative estimate of drug-likeness (QED) is 0.892. The zero-order valence-electron chi connectivity index (χ0n) is 13.0. The number of hydrogen-bond acceptors (Lipinski definition) is 2. The highest BCUT2D eigenvalue weighted by molar-refractivity contribution is 5.50. The van der Waals surface area contributed by atoms with Crippen molar-refractivity contribution in [2.45, 2.75) is 52.5 Å². The zero-order valence-corrected chi connectivity index (χ0v) is 13.0. The van der Waals surface area contributed by atoms with Crippen LogP contribution in [0.1, 0.15) is 58.1 Å². The third-order valence-corrected chi connectivity index (χ3v) is 5.16. The van der Waals surface area contributed by atoms with E-state index in [1.165, 1.54) is 12.8 Å². The highest BCUT2D eigenvalue weighted by Crippen LogP contribution is 2.39. The molecular weight excluding hydrogens is 251 g/mol. The summed E-state index contributed by atoms with van der Waals surface area (Å²) in [6.07, 6.45) is 4.77. The van der Waals surface area contributed by atoms with Crippen molar-refractivity contribution >= 4 is 5.69 Å². The lowest BCUT2D eigenvalue weighted by atomic mass is 9.74. The molecule has 0 radical (unpaired) electrons. The molecule has 1 heterocycles. The largest absolute Gasteiger partial charge is 0.369 e. The van der Waals surface area contributed by atoms with E-state index >= 15 is 0 Å². The van der Waals surface area contributed by atoms with Gasteiger partial charge in [0.15, 0.2) is 0 Å². The molecule has 1 aliphatic rings. The molecule has 1 saturated heterocycles. The Hall–Kier alpha value is -1.09. The van der Waals surface area contributed by atoms with Gasteiger partial charge in [0.1, 0.15) is 5.82 Å². The first kappa shape index (κ1) is 15.3. The Balaban J connectivity index is 2.11. The van der Waals surface area contributed by atoms with E-state index in [1.807, 2.05) is 19.1 Å². The normalized spacial score (nSPS) is 19.9. The third-order valence-electron chi connectivity index (χ3n) is 5.16. The Morgan fingerprint density at radius 2 is 1.85 bits per heavy atom. The van der Waals surface area contributed by atoms with Crippen LogP contribution in [0.4, 0.5) is 10.1 Å². The van der Waals surface area contributed by atoms with Crippen molar-refractivity contribution in [1.82, 2.24) is 0 Å². The minimum atomic E-state index is -0.139. The van der Waals surface area contributed by atoms with Gasteiger partial charge >= 0.3 is 0 Å². The van der Waals surface area contributed by atoms with Crippen molar-refractivity contribution in [3.8, 4) is 0 Å². The van der Waals surface area contributed by atoms with Gasteiger partial charge in [0.05, 0.1) is 5.69 Å².